The largest absolute Gasteiger partial charge is 0.298 e. The summed E-state index contributed by atoms with van der Waals surface area (Å²) in [5.74, 6) is 0.251. The normalized spacial score (nSPS) is 13.5. The summed E-state index contributed by atoms with van der Waals surface area (Å²) in [6.07, 6.45) is 0.737. The molecule has 0 saturated heterocycles. The molecule has 0 aliphatic heterocycles. The van der Waals surface area contributed by atoms with E-state index in [9.17, 15) is 4.79 Å². The van der Waals surface area contributed by atoms with Gasteiger partial charge in [-0.25, -0.2) is 0 Å². The molecule has 0 spiro atoms. The number of hydrogen-bond acceptors (Lipinski definition) is 1. The number of halogens is 1. The van der Waals surface area contributed by atoms with E-state index >= 15 is 0 Å². The molecule has 0 aliphatic carbocycles. The van der Waals surface area contributed by atoms with Gasteiger partial charge in [0, 0.05) is 5.41 Å². The summed E-state index contributed by atoms with van der Waals surface area (Å²) in [6, 6.07) is 14.7. The Morgan fingerprint density at radius 3 is 2.37 bits per heavy atom. The van der Waals surface area contributed by atoms with Gasteiger partial charge in [0.05, 0.1) is 4.83 Å². The van der Waals surface area contributed by atoms with Crippen LogP contribution < -0.4 is 0 Å². The summed E-state index contributed by atoms with van der Waals surface area (Å²) in [4.78, 5) is 12.1. The van der Waals surface area contributed by atoms with E-state index in [2.05, 4.69) is 46.3 Å². The molecular weight excluding hydrogens is 300 g/mol. The topological polar surface area (TPSA) is 17.1 Å². The number of rotatable bonds is 3. The predicted molar refractivity (Wildman–Crippen MR) is 84.8 cm³/mol. The van der Waals surface area contributed by atoms with Crippen molar-refractivity contribution >= 4 is 32.5 Å². The van der Waals surface area contributed by atoms with Gasteiger partial charge in [-0.2, -0.15) is 0 Å². The first-order chi connectivity index (χ1) is 8.88. The molecule has 1 atom stereocenters. The molecule has 0 radical (unpaired) electrons. The first kappa shape index (κ1) is 14.3. The lowest BCUT2D eigenvalue weighted by molar-refractivity contribution is -0.125. The molecule has 2 aromatic carbocycles. The lowest BCUT2D eigenvalue weighted by Crippen LogP contribution is -2.29. The Bertz CT molecular complexity index is 595. The Labute approximate surface area is 123 Å². The van der Waals surface area contributed by atoms with Crippen molar-refractivity contribution in [3.05, 3.63) is 48.0 Å². The van der Waals surface area contributed by atoms with Gasteiger partial charge < -0.3 is 0 Å². The van der Waals surface area contributed by atoms with E-state index in [1.165, 1.54) is 16.3 Å². The lowest BCUT2D eigenvalue weighted by Gasteiger charge is -2.20. The smallest absolute Gasteiger partial charge is 0.152 e. The van der Waals surface area contributed by atoms with Gasteiger partial charge >= 0.3 is 0 Å². The van der Waals surface area contributed by atoms with Crippen molar-refractivity contribution in [2.45, 2.75) is 32.0 Å². The van der Waals surface area contributed by atoms with Crippen LogP contribution in [0.3, 0.4) is 0 Å². The van der Waals surface area contributed by atoms with Gasteiger partial charge in [0.2, 0.25) is 0 Å². The second-order valence-corrected chi connectivity index (χ2v) is 7.07. The molecule has 2 aromatic rings. The van der Waals surface area contributed by atoms with Crippen molar-refractivity contribution in [3.8, 4) is 0 Å². The van der Waals surface area contributed by atoms with E-state index < -0.39 is 0 Å². The van der Waals surface area contributed by atoms with Crippen molar-refractivity contribution in [3.63, 3.8) is 0 Å². The van der Waals surface area contributed by atoms with Gasteiger partial charge in [0.1, 0.15) is 0 Å². The average Bonchev–Trinajstić information content (AvgIpc) is 2.36. The minimum Gasteiger partial charge on any atom is -0.298 e. The fourth-order valence-corrected chi connectivity index (χ4v) is 3.20. The quantitative estimate of drug-likeness (QED) is 0.745. The highest BCUT2D eigenvalue weighted by Crippen LogP contribution is 2.24. The molecule has 2 rings (SSSR count). The molecule has 0 fully saturated rings. The van der Waals surface area contributed by atoms with E-state index in [-0.39, 0.29) is 16.0 Å². The summed E-state index contributed by atoms with van der Waals surface area (Å²) in [5, 5.41) is 2.46. The van der Waals surface area contributed by atoms with E-state index in [0.29, 0.717) is 0 Å². The van der Waals surface area contributed by atoms with Crippen LogP contribution in [0.5, 0.6) is 0 Å². The van der Waals surface area contributed by atoms with Crippen LogP contribution in [0.15, 0.2) is 42.5 Å². The molecule has 0 aromatic heterocycles. The number of ketones is 1. The maximum Gasteiger partial charge on any atom is 0.152 e. The van der Waals surface area contributed by atoms with E-state index in [1.54, 1.807) is 0 Å². The summed E-state index contributed by atoms with van der Waals surface area (Å²) in [5.41, 5.74) is 0.892. The molecule has 0 heterocycles. The van der Waals surface area contributed by atoms with Gasteiger partial charge in [0.15, 0.2) is 5.78 Å². The van der Waals surface area contributed by atoms with Gasteiger partial charge in [0.25, 0.3) is 0 Å². The molecular formula is C17H19BrO. The molecule has 100 valence electrons. The zero-order chi connectivity index (χ0) is 14.0. The van der Waals surface area contributed by atoms with Crippen LogP contribution >= 0.6 is 15.9 Å². The average molecular weight is 319 g/mol. The Balaban J connectivity index is 2.19. The zero-order valence-corrected chi connectivity index (χ0v) is 13.2. The van der Waals surface area contributed by atoms with Crippen LogP contribution in [0.4, 0.5) is 0 Å². The third kappa shape index (κ3) is 3.44. The number of hydrogen-bond donors (Lipinski definition) is 0. The number of alkyl halides is 1. The summed E-state index contributed by atoms with van der Waals surface area (Å²) >= 11 is 3.53. The first-order valence-corrected chi connectivity index (χ1v) is 7.45. The minimum absolute atomic E-state index is 0.117. The maximum absolute atomic E-state index is 12.2. The number of Topliss-reactive ketones (excluding diaryl/α,β-unsaturated/α-hetero) is 1. The first-order valence-electron chi connectivity index (χ1n) is 6.54. The zero-order valence-electron chi connectivity index (χ0n) is 11.6. The molecule has 1 nitrogen and oxygen atoms in total. The third-order valence-corrected chi connectivity index (χ3v) is 3.99. The number of benzene rings is 2. The second kappa shape index (κ2) is 5.46. The van der Waals surface area contributed by atoms with Crippen molar-refractivity contribution in [1.29, 1.82) is 0 Å². The highest BCUT2D eigenvalue weighted by Gasteiger charge is 2.27. The van der Waals surface area contributed by atoms with Gasteiger partial charge in [-0.3, -0.25) is 4.79 Å². The lowest BCUT2D eigenvalue weighted by atomic mass is 9.87. The molecule has 19 heavy (non-hydrogen) atoms. The Morgan fingerprint density at radius 2 is 1.74 bits per heavy atom. The van der Waals surface area contributed by atoms with Crippen LogP contribution in [0.2, 0.25) is 0 Å². The predicted octanol–water partition coefficient (Wildman–Crippen LogP) is 4.76. The molecule has 0 aliphatic rings. The number of fused-ring (bicyclic) bond motifs is 1. The van der Waals surface area contributed by atoms with Crippen LogP contribution in [0.1, 0.15) is 26.3 Å². The van der Waals surface area contributed by atoms with Gasteiger partial charge in [-0.1, -0.05) is 79.2 Å². The fraction of sp³-hybridized carbons (Fsp3) is 0.353. The minimum atomic E-state index is -0.301. The van der Waals surface area contributed by atoms with Gasteiger partial charge in [-0.15, -0.1) is 0 Å². The van der Waals surface area contributed by atoms with Crippen molar-refractivity contribution in [2.24, 2.45) is 5.41 Å². The van der Waals surface area contributed by atoms with Crippen LogP contribution in [-0.2, 0) is 11.2 Å². The van der Waals surface area contributed by atoms with E-state index in [4.69, 9.17) is 0 Å². The van der Waals surface area contributed by atoms with Crippen molar-refractivity contribution in [1.82, 2.24) is 0 Å². The van der Waals surface area contributed by atoms with E-state index in [1.807, 2.05) is 32.9 Å². The highest BCUT2D eigenvalue weighted by atomic mass is 79.9. The maximum atomic E-state index is 12.2. The molecule has 2 heteroatoms. The molecule has 0 bridgehead atoms. The third-order valence-electron chi connectivity index (χ3n) is 3.25. The standard InChI is InChI=1S/C17H19BrO/c1-17(2,3)16(19)15(18)11-12-8-9-13-6-4-5-7-14(13)10-12/h4-10,15H,11H2,1-3H3. The molecule has 0 saturated carbocycles. The molecule has 0 amide bonds. The Morgan fingerprint density at radius 1 is 1.11 bits per heavy atom. The number of carbonyl (C=O) groups excluding carboxylic acids is 1. The molecule has 0 N–H and O–H groups in total. The second-order valence-electron chi connectivity index (χ2n) is 5.97. The Hall–Kier alpha value is -1.15. The summed E-state index contributed by atoms with van der Waals surface area (Å²) in [7, 11) is 0. The monoisotopic (exact) mass is 318 g/mol. The summed E-state index contributed by atoms with van der Waals surface area (Å²) in [6.45, 7) is 5.89. The number of carbonyl (C=O) groups is 1. The van der Waals surface area contributed by atoms with Crippen LogP contribution in [-0.4, -0.2) is 10.6 Å². The Kier molecular flexibility index (Phi) is 4.10. The van der Waals surface area contributed by atoms with E-state index in [0.717, 1.165) is 6.42 Å². The SMILES string of the molecule is CC(C)(C)C(=O)C(Br)Cc1ccc2ccccc2c1. The highest BCUT2D eigenvalue weighted by molar-refractivity contribution is 9.10. The fourth-order valence-electron chi connectivity index (χ4n) is 2.14. The van der Waals surface area contributed by atoms with Crippen molar-refractivity contribution < 1.29 is 4.79 Å². The van der Waals surface area contributed by atoms with Crippen LogP contribution in [0, 0.1) is 5.41 Å². The van der Waals surface area contributed by atoms with Gasteiger partial charge in [-0.05, 0) is 22.8 Å². The molecule has 1 unspecified atom stereocenters. The van der Waals surface area contributed by atoms with Crippen LogP contribution in [0.25, 0.3) is 10.8 Å². The summed E-state index contributed by atoms with van der Waals surface area (Å²) < 4.78 is 0. The van der Waals surface area contributed by atoms with Crippen molar-refractivity contribution in [2.75, 3.05) is 0 Å².